The second kappa shape index (κ2) is 6.67. The van der Waals surface area contributed by atoms with E-state index in [9.17, 15) is 9.90 Å². The maximum atomic E-state index is 11.9. The first-order valence-corrected chi connectivity index (χ1v) is 9.42. The lowest BCUT2D eigenvalue weighted by Crippen LogP contribution is -2.54. The molecule has 1 unspecified atom stereocenters. The maximum absolute atomic E-state index is 11.9. The summed E-state index contributed by atoms with van der Waals surface area (Å²) in [6.07, 6.45) is 6.42. The molecule has 0 bridgehead atoms. The van der Waals surface area contributed by atoms with Crippen LogP contribution in [0.2, 0.25) is 0 Å². The topological polar surface area (TPSA) is 68.4 Å². The van der Waals surface area contributed by atoms with Gasteiger partial charge in [0.1, 0.15) is 6.04 Å². The van der Waals surface area contributed by atoms with E-state index >= 15 is 0 Å². The first kappa shape index (κ1) is 16.4. The molecule has 0 radical (unpaired) electrons. The van der Waals surface area contributed by atoms with Gasteiger partial charge in [-0.2, -0.15) is 0 Å². The Morgan fingerprint density at radius 2 is 2.00 bits per heavy atom. The van der Waals surface area contributed by atoms with Gasteiger partial charge in [0.2, 0.25) is 0 Å². The molecule has 4 rings (SSSR count). The molecule has 1 aromatic carbocycles. The fraction of sp³-hybridized carbons (Fsp3) is 0.474. The molecular weight excluding hydrogens is 334 g/mol. The van der Waals surface area contributed by atoms with Crippen LogP contribution >= 0.6 is 12.2 Å². The van der Waals surface area contributed by atoms with Crippen LogP contribution < -0.4 is 5.32 Å². The quantitative estimate of drug-likeness (QED) is 0.720. The number of thiocarbonyl (C=S) groups is 1. The summed E-state index contributed by atoms with van der Waals surface area (Å²) in [5.74, 6) is -0.816. The molecule has 1 saturated carbocycles. The number of carboxylic acids is 1. The summed E-state index contributed by atoms with van der Waals surface area (Å²) in [5, 5.41) is 14.9. The molecule has 25 heavy (non-hydrogen) atoms. The van der Waals surface area contributed by atoms with Crippen molar-refractivity contribution in [3.8, 4) is 0 Å². The maximum Gasteiger partial charge on any atom is 0.326 e. The zero-order valence-corrected chi connectivity index (χ0v) is 14.9. The summed E-state index contributed by atoms with van der Waals surface area (Å²) >= 11 is 5.60. The predicted molar refractivity (Wildman–Crippen MR) is 102 cm³/mol. The highest BCUT2D eigenvalue weighted by atomic mass is 32.1. The number of aromatic amines is 1. The third kappa shape index (κ3) is 3.11. The zero-order valence-electron chi connectivity index (χ0n) is 14.1. The van der Waals surface area contributed by atoms with E-state index in [4.69, 9.17) is 12.2 Å². The molecule has 0 spiro atoms. The van der Waals surface area contributed by atoms with Crippen molar-refractivity contribution in [3.63, 3.8) is 0 Å². The Morgan fingerprint density at radius 1 is 1.24 bits per heavy atom. The van der Waals surface area contributed by atoms with Crippen molar-refractivity contribution in [2.24, 2.45) is 0 Å². The highest BCUT2D eigenvalue weighted by Gasteiger charge is 2.35. The number of hydrogen-bond acceptors (Lipinski definition) is 2. The zero-order chi connectivity index (χ0) is 17.4. The summed E-state index contributed by atoms with van der Waals surface area (Å²) in [7, 11) is 0. The van der Waals surface area contributed by atoms with Crippen LogP contribution in [-0.4, -0.2) is 38.2 Å². The predicted octanol–water partition coefficient (Wildman–Crippen LogP) is 3.19. The molecule has 5 nitrogen and oxygen atoms in total. The van der Waals surface area contributed by atoms with Crippen LogP contribution in [0.5, 0.6) is 0 Å². The minimum absolute atomic E-state index is 0.375. The average molecular weight is 357 g/mol. The van der Waals surface area contributed by atoms with Crippen molar-refractivity contribution in [3.05, 3.63) is 35.5 Å². The van der Waals surface area contributed by atoms with Crippen LogP contribution in [-0.2, 0) is 17.8 Å². The van der Waals surface area contributed by atoms with E-state index in [1.54, 1.807) is 0 Å². The van der Waals surface area contributed by atoms with Crippen LogP contribution in [0.1, 0.15) is 43.4 Å². The molecule has 1 aliphatic carbocycles. The molecule has 132 valence electrons. The molecular formula is C19H23N3O2S. The van der Waals surface area contributed by atoms with Gasteiger partial charge in [0.15, 0.2) is 5.11 Å². The van der Waals surface area contributed by atoms with Crippen molar-refractivity contribution in [2.75, 3.05) is 0 Å². The number of rotatable bonds is 2. The van der Waals surface area contributed by atoms with Crippen LogP contribution in [0.4, 0.5) is 0 Å². The van der Waals surface area contributed by atoms with Crippen molar-refractivity contribution >= 4 is 34.2 Å². The minimum atomic E-state index is -0.816. The fourth-order valence-electron chi connectivity index (χ4n) is 4.15. The first-order chi connectivity index (χ1) is 12.1. The molecule has 1 fully saturated rings. The van der Waals surface area contributed by atoms with Gasteiger partial charge in [-0.3, -0.25) is 0 Å². The van der Waals surface area contributed by atoms with Crippen LogP contribution in [0.25, 0.3) is 10.9 Å². The molecule has 1 aromatic heterocycles. The van der Waals surface area contributed by atoms with Gasteiger partial charge in [-0.05, 0) is 36.7 Å². The van der Waals surface area contributed by atoms with E-state index in [2.05, 4.69) is 16.4 Å². The summed E-state index contributed by atoms with van der Waals surface area (Å²) in [4.78, 5) is 17.2. The molecule has 1 atom stereocenters. The number of nitrogens with zero attached hydrogens (tertiary/aromatic N) is 1. The minimum Gasteiger partial charge on any atom is -0.480 e. The van der Waals surface area contributed by atoms with Gasteiger partial charge < -0.3 is 20.3 Å². The largest absolute Gasteiger partial charge is 0.480 e. The third-order valence-corrected chi connectivity index (χ3v) is 5.84. The van der Waals surface area contributed by atoms with E-state index in [0.717, 1.165) is 35.0 Å². The van der Waals surface area contributed by atoms with E-state index in [-0.39, 0.29) is 0 Å². The standard InChI is InChI=1S/C19H23N3O2S/c23-18(24)17-10-14-13-8-4-5-9-15(13)21-16(14)11-22(17)19(25)20-12-6-2-1-3-7-12/h4-5,8-9,12,17,21H,1-3,6-7,10-11H2,(H,20,25)(H,23,24). The van der Waals surface area contributed by atoms with Crippen LogP contribution in [0, 0.1) is 0 Å². The Kier molecular flexibility index (Phi) is 4.37. The van der Waals surface area contributed by atoms with E-state index in [0.29, 0.717) is 24.1 Å². The van der Waals surface area contributed by atoms with Crippen molar-refractivity contribution in [2.45, 2.75) is 57.2 Å². The number of hydrogen-bond donors (Lipinski definition) is 3. The van der Waals surface area contributed by atoms with Gasteiger partial charge in [-0.15, -0.1) is 0 Å². The number of benzene rings is 1. The van der Waals surface area contributed by atoms with Crippen LogP contribution in [0.15, 0.2) is 24.3 Å². The van der Waals surface area contributed by atoms with Crippen molar-refractivity contribution < 1.29 is 9.90 Å². The molecule has 3 N–H and O–H groups in total. The SMILES string of the molecule is O=C(O)C1Cc2c([nH]c3ccccc23)CN1C(=S)NC1CCCCC1. The molecule has 2 aliphatic rings. The fourth-order valence-corrected chi connectivity index (χ4v) is 4.50. The lowest BCUT2D eigenvalue weighted by Gasteiger charge is -2.37. The van der Waals surface area contributed by atoms with Gasteiger partial charge >= 0.3 is 5.97 Å². The average Bonchev–Trinajstić information content (AvgIpc) is 2.99. The highest BCUT2D eigenvalue weighted by molar-refractivity contribution is 7.80. The normalized spacial score (nSPS) is 21.1. The number of carbonyl (C=O) groups is 1. The van der Waals surface area contributed by atoms with Gasteiger partial charge in [0, 0.05) is 29.1 Å². The Labute approximate surface area is 152 Å². The molecule has 0 amide bonds. The second-order valence-corrected chi connectivity index (χ2v) is 7.48. The first-order valence-electron chi connectivity index (χ1n) is 9.02. The second-order valence-electron chi connectivity index (χ2n) is 7.10. The van der Waals surface area contributed by atoms with E-state index in [1.165, 1.54) is 19.3 Å². The summed E-state index contributed by atoms with van der Waals surface area (Å²) in [6, 6.07) is 7.83. The molecule has 2 heterocycles. The molecule has 1 aliphatic heterocycles. The van der Waals surface area contributed by atoms with Gasteiger partial charge in [0.05, 0.1) is 6.54 Å². The van der Waals surface area contributed by atoms with Crippen molar-refractivity contribution in [1.29, 1.82) is 0 Å². The molecule has 6 heteroatoms. The summed E-state index contributed by atoms with van der Waals surface area (Å²) in [5.41, 5.74) is 3.25. The van der Waals surface area contributed by atoms with Crippen LogP contribution in [0.3, 0.4) is 0 Å². The Bertz CT molecular complexity index is 810. The third-order valence-electron chi connectivity index (χ3n) is 5.48. The van der Waals surface area contributed by atoms with Gasteiger partial charge in [0.25, 0.3) is 0 Å². The Hall–Kier alpha value is -2.08. The molecule has 2 aromatic rings. The van der Waals surface area contributed by atoms with Gasteiger partial charge in [-0.25, -0.2) is 4.79 Å². The summed E-state index contributed by atoms with van der Waals surface area (Å²) < 4.78 is 0. The number of nitrogens with one attached hydrogen (secondary N) is 2. The number of fused-ring (bicyclic) bond motifs is 3. The highest BCUT2D eigenvalue weighted by Crippen LogP contribution is 2.30. The van der Waals surface area contributed by atoms with Crippen molar-refractivity contribution in [1.82, 2.24) is 15.2 Å². The lowest BCUT2D eigenvalue weighted by molar-refractivity contribution is -0.142. The Morgan fingerprint density at radius 3 is 2.76 bits per heavy atom. The number of H-pyrrole nitrogens is 1. The monoisotopic (exact) mass is 357 g/mol. The van der Waals surface area contributed by atoms with E-state index < -0.39 is 12.0 Å². The number of aromatic nitrogens is 1. The number of para-hydroxylation sites is 1. The summed E-state index contributed by atoms with van der Waals surface area (Å²) in [6.45, 7) is 0.513. The Balaban J connectivity index is 1.60. The van der Waals surface area contributed by atoms with Gasteiger partial charge in [-0.1, -0.05) is 37.5 Å². The smallest absolute Gasteiger partial charge is 0.326 e. The van der Waals surface area contributed by atoms with E-state index in [1.807, 2.05) is 23.1 Å². The number of carboxylic acid groups (broad SMARTS) is 1. The molecule has 0 saturated heterocycles. The number of aliphatic carboxylic acids is 1. The lowest BCUT2D eigenvalue weighted by atomic mass is 9.95.